The monoisotopic (exact) mass is 289 g/mol. The third kappa shape index (κ3) is 5.15. The number of benzene rings is 1. The highest BCUT2D eigenvalue weighted by Gasteiger charge is 2.10. The predicted molar refractivity (Wildman–Crippen MR) is 75.8 cm³/mol. The molecule has 0 saturated carbocycles. The minimum absolute atomic E-state index is 0.105. The minimum Gasteiger partial charge on any atom is -0.481 e. The number of rotatable bonds is 7. The number of carboxylic acids is 1. The molecule has 0 aromatic heterocycles. The molecule has 5 heteroatoms. The predicted octanol–water partition coefficient (Wildman–Crippen LogP) is 4.07. The molecule has 1 rings (SSSR count). The summed E-state index contributed by atoms with van der Waals surface area (Å²) in [5, 5.41) is 9.89. The maximum absolute atomic E-state index is 10.7. The first-order chi connectivity index (χ1) is 8.52. The average molecular weight is 290 g/mol. The lowest BCUT2D eigenvalue weighted by molar-refractivity contribution is -0.136. The minimum atomic E-state index is -0.801. The van der Waals surface area contributed by atoms with Crippen molar-refractivity contribution in [3.63, 3.8) is 0 Å². The van der Waals surface area contributed by atoms with Crippen molar-refractivity contribution in [1.29, 1.82) is 0 Å². The summed E-state index contributed by atoms with van der Waals surface area (Å²) in [4.78, 5) is 12.7. The van der Waals surface area contributed by atoms with Gasteiger partial charge in [0, 0.05) is 28.8 Å². The highest BCUT2D eigenvalue weighted by atomic mass is 35.5. The Labute approximate surface area is 117 Å². The number of anilines is 1. The molecule has 1 aromatic carbocycles. The van der Waals surface area contributed by atoms with E-state index in [1.807, 2.05) is 17.0 Å². The van der Waals surface area contributed by atoms with Gasteiger partial charge in [0.15, 0.2) is 0 Å². The number of unbranched alkanes of at least 4 members (excludes halogenated alkanes) is 1. The van der Waals surface area contributed by atoms with Gasteiger partial charge in [0.05, 0.1) is 6.42 Å². The summed E-state index contributed by atoms with van der Waals surface area (Å²) >= 11 is 11.9. The standard InChI is InChI=1S/C13H17Cl2NO2/c1-2-3-5-16(6-4-13(17)18)12-8-10(14)7-11(15)9-12/h7-9H,2-6H2,1H3,(H,17,18). The van der Waals surface area contributed by atoms with Crippen molar-refractivity contribution >= 4 is 34.9 Å². The second kappa shape index (κ2) is 7.49. The van der Waals surface area contributed by atoms with Crippen molar-refractivity contribution in [2.75, 3.05) is 18.0 Å². The van der Waals surface area contributed by atoms with Gasteiger partial charge < -0.3 is 10.0 Å². The fraction of sp³-hybridized carbons (Fsp3) is 0.462. The van der Waals surface area contributed by atoms with E-state index in [9.17, 15) is 4.79 Å². The molecule has 0 aliphatic rings. The lowest BCUT2D eigenvalue weighted by Crippen LogP contribution is -2.27. The van der Waals surface area contributed by atoms with E-state index in [1.54, 1.807) is 6.07 Å². The maximum Gasteiger partial charge on any atom is 0.305 e. The molecule has 0 bridgehead atoms. The summed E-state index contributed by atoms with van der Waals surface area (Å²) < 4.78 is 0. The summed E-state index contributed by atoms with van der Waals surface area (Å²) in [5.74, 6) is -0.801. The number of carbonyl (C=O) groups is 1. The van der Waals surface area contributed by atoms with E-state index in [1.165, 1.54) is 0 Å². The smallest absolute Gasteiger partial charge is 0.305 e. The van der Waals surface area contributed by atoms with Crippen molar-refractivity contribution in [2.45, 2.75) is 26.2 Å². The molecule has 0 atom stereocenters. The van der Waals surface area contributed by atoms with E-state index >= 15 is 0 Å². The lowest BCUT2D eigenvalue weighted by Gasteiger charge is -2.24. The van der Waals surface area contributed by atoms with Crippen LogP contribution in [0.5, 0.6) is 0 Å². The highest BCUT2D eigenvalue weighted by molar-refractivity contribution is 6.35. The van der Waals surface area contributed by atoms with Crippen LogP contribution in [0, 0.1) is 0 Å². The summed E-state index contributed by atoms with van der Waals surface area (Å²) in [6, 6.07) is 5.29. The van der Waals surface area contributed by atoms with Crippen LogP contribution in [-0.2, 0) is 4.79 Å². The number of carboxylic acid groups (broad SMARTS) is 1. The molecule has 0 radical (unpaired) electrons. The van der Waals surface area contributed by atoms with Crippen LogP contribution in [0.1, 0.15) is 26.2 Å². The Bertz CT molecular complexity index is 390. The average Bonchev–Trinajstić information content (AvgIpc) is 2.27. The fourth-order valence-electron chi connectivity index (χ4n) is 1.67. The van der Waals surface area contributed by atoms with E-state index in [-0.39, 0.29) is 6.42 Å². The van der Waals surface area contributed by atoms with E-state index in [0.29, 0.717) is 16.6 Å². The Balaban J connectivity index is 2.82. The van der Waals surface area contributed by atoms with Crippen LogP contribution in [-0.4, -0.2) is 24.2 Å². The van der Waals surface area contributed by atoms with Crippen LogP contribution in [0.2, 0.25) is 10.0 Å². The highest BCUT2D eigenvalue weighted by Crippen LogP contribution is 2.25. The second-order valence-corrected chi connectivity index (χ2v) is 4.98. The molecule has 0 saturated heterocycles. The van der Waals surface area contributed by atoms with Crippen molar-refractivity contribution < 1.29 is 9.90 Å². The Morgan fingerprint density at radius 1 is 1.22 bits per heavy atom. The third-order valence-corrected chi connectivity index (χ3v) is 3.03. The van der Waals surface area contributed by atoms with Gasteiger partial charge >= 0.3 is 5.97 Å². The van der Waals surface area contributed by atoms with E-state index in [4.69, 9.17) is 28.3 Å². The van der Waals surface area contributed by atoms with Crippen LogP contribution in [0.4, 0.5) is 5.69 Å². The lowest BCUT2D eigenvalue weighted by atomic mass is 10.2. The SMILES string of the molecule is CCCCN(CCC(=O)O)c1cc(Cl)cc(Cl)c1. The van der Waals surface area contributed by atoms with Crippen molar-refractivity contribution in [1.82, 2.24) is 0 Å². The molecule has 1 aromatic rings. The molecule has 0 fully saturated rings. The Morgan fingerprint density at radius 2 is 1.83 bits per heavy atom. The van der Waals surface area contributed by atoms with Crippen LogP contribution in [0.15, 0.2) is 18.2 Å². The molecule has 100 valence electrons. The van der Waals surface area contributed by atoms with Crippen molar-refractivity contribution in [2.24, 2.45) is 0 Å². The molecule has 3 nitrogen and oxygen atoms in total. The van der Waals surface area contributed by atoms with Gasteiger partial charge in [-0.2, -0.15) is 0 Å². The number of aliphatic carboxylic acids is 1. The van der Waals surface area contributed by atoms with Gasteiger partial charge in [0.2, 0.25) is 0 Å². The molecular weight excluding hydrogens is 273 g/mol. The van der Waals surface area contributed by atoms with Crippen LogP contribution in [0.25, 0.3) is 0 Å². The van der Waals surface area contributed by atoms with Gasteiger partial charge in [-0.1, -0.05) is 36.5 Å². The summed E-state index contributed by atoms with van der Waals surface area (Å²) in [6.45, 7) is 3.37. The van der Waals surface area contributed by atoms with Gasteiger partial charge in [-0.15, -0.1) is 0 Å². The number of nitrogens with zero attached hydrogens (tertiary/aromatic N) is 1. The molecule has 0 heterocycles. The summed E-state index contributed by atoms with van der Waals surface area (Å²) in [7, 11) is 0. The zero-order chi connectivity index (χ0) is 13.5. The van der Waals surface area contributed by atoms with Gasteiger partial charge in [-0.3, -0.25) is 4.79 Å². The quantitative estimate of drug-likeness (QED) is 0.822. The Morgan fingerprint density at radius 3 is 2.33 bits per heavy atom. The summed E-state index contributed by atoms with van der Waals surface area (Å²) in [5.41, 5.74) is 0.877. The van der Waals surface area contributed by atoms with Gasteiger partial charge in [-0.25, -0.2) is 0 Å². The fourth-order valence-corrected chi connectivity index (χ4v) is 2.19. The Hall–Kier alpha value is -0.930. The third-order valence-electron chi connectivity index (χ3n) is 2.59. The van der Waals surface area contributed by atoms with Crippen LogP contribution < -0.4 is 4.90 Å². The van der Waals surface area contributed by atoms with Gasteiger partial charge in [-0.05, 0) is 24.6 Å². The van der Waals surface area contributed by atoms with E-state index in [2.05, 4.69) is 6.92 Å². The molecule has 0 unspecified atom stereocenters. The second-order valence-electron chi connectivity index (χ2n) is 4.11. The number of hydrogen-bond donors (Lipinski definition) is 1. The van der Waals surface area contributed by atoms with Crippen LogP contribution >= 0.6 is 23.2 Å². The number of hydrogen-bond acceptors (Lipinski definition) is 2. The number of halogens is 2. The van der Waals surface area contributed by atoms with Gasteiger partial charge in [0.1, 0.15) is 0 Å². The van der Waals surface area contributed by atoms with Gasteiger partial charge in [0.25, 0.3) is 0 Å². The molecule has 0 spiro atoms. The molecule has 18 heavy (non-hydrogen) atoms. The normalized spacial score (nSPS) is 10.4. The van der Waals surface area contributed by atoms with E-state index in [0.717, 1.165) is 25.1 Å². The summed E-state index contributed by atoms with van der Waals surface area (Å²) in [6.07, 6.45) is 2.16. The molecule has 1 N–H and O–H groups in total. The van der Waals surface area contributed by atoms with Crippen molar-refractivity contribution in [3.8, 4) is 0 Å². The van der Waals surface area contributed by atoms with E-state index < -0.39 is 5.97 Å². The molecular formula is C13H17Cl2NO2. The zero-order valence-corrected chi connectivity index (χ0v) is 11.8. The topological polar surface area (TPSA) is 40.5 Å². The molecule has 0 aliphatic heterocycles. The van der Waals surface area contributed by atoms with Crippen LogP contribution in [0.3, 0.4) is 0 Å². The first-order valence-electron chi connectivity index (χ1n) is 5.95. The molecule has 0 amide bonds. The first-order valence-corrected chi connectivity index (χ1v) is 6.71. The first kappa shape index (κ1) is 15.1. The zero-order valence-electron chi connectivity index (χ0n) is 10.3. The van der Waals surface area contributed by atoms with Crippen molar-refractivity contribution in [3.05, 3.63) is 28.2 Å². The largest absolute Gasteiger partial charge is 0.481 e. The Kier molecular flexibility index (Phi) is 6.30. The molecule has 0 aliphatic carbocycles. The maximum atomic E-state index is 10.7.